The highest BCUT2D eigenvalue weighted by Crippen LogP contribution is 2.19. The summed E-state index contributed by atoms with van der Waals surface area (Å²) in [7, 11) is 0. The molecule has 1 unspecified atom stereocenters. The zero-order valence-electron chi connectivity index (χ0n) is 10.4. The summed E-state index contributed by atoms with van der Waals surface area (Å²) in [6.07, 6.45) is 2.50. The lowest BCUT2D eigenvalue weighted by atomic mass is 10.1. The van der Waals surface area contributed by atoms with Crippen LogP contribution in [0.2, 0.25) is 0 Å². The minimum atomic E-state index is 0.624. The Balaban J connectivity index is 2.19. The van der Waals surface area contributed by atoms with Crippen LogP contribution in [-0.4, -0.2) is 23.5 Å². The van der Waals surface area contributed by atoms with Crippen molar-refractivity contribution in [1.29, 1.82) is 0 Å². The van der Waals surface area contributed by atoms with Gasteiger partial charge in [-0.3, -0.25) is 4.99 Å². The maximum Gasteiger partial charge on any atom is 0.156 e. The fourth-order valence-corrected chi connectivity index (χ4v) is 2.76. The minimum absolute atomic E-state index is 0.624. The zero-order valence-corrected chi connectivity index (χ0v) is 11.2. The van der Waals surface area contributed by atoms with Gasteiger partial charge in [-0.15, -0.1) is 0 Å². The van der Waals surface area contributed by atoms with Crippen LogP contribution >= 0.6 is 11.8 Å². The average molecular weight is 228 g/mol. The van der Waals surface area contributed by atoms with Crippen molar-refractivity contribution in [3.05, 3.63) is 0 Å². The second-order valence-corrected chi connectivity index (χ2v) is 6.04. The third-order valence-corrected chi connectivity index (χ3v) is 3.75. The van der Waals surface area contributed by atoms with Gasteiger partial charge in [-0.25, -0.2) is 0 Å². The fourth-order valence-electron chi connectivity index (χ4n) is 1.54. The van der Waals surface area contributed by atoms with Gasteiger partial charge in [0.05, 0.1) is 0 Å². The van der Waals surface area contributed by atoms with Gasteiger partial charge in [0.15, 0.2) is 5.17 Å². The predicted molar refractivity (Wildman–Crippen MR) is 70.6 cm³/mol. The molecule has 2 nitrogen and oxygen atoms in total. The van der Waals surface area contributed by atoms with Crippen LogP contribution in [0.25, 0.3) is 0 Å². The third kappa shape index (κ3) is 4.92. The van der Waals surface area contributed by atoms with Crippen LogP contribution < -0.4 is 5.32 Å². The summed E-state index contributed by atoms with van der Waals surface area (Å²) in [4.78, 5) is 4.60. The maximum absolute atomic E-state index is 4.60. The minimum Gasteiger partial charge on any atom is -0.361 e. The molecule has 1 atom stereocenters. The molecule has 0 aromatic rings. The first-order valence-corrected chi connectivity index (χ1v) is 7.02. The SMILES string of the molecule is CC(C)CCCN=C1NC(C(C)C)CS1. The van der Waals surface area contributed by atoms with E-state index in [2.05, 4.69) is 38.0 Å². The van der Waals surface area contributed by atoms with Crippen molar-refractivity contribution < 1.29 is 0 Å². The van der Waals surface area contributed by atoms with Gasteiger partial charge in [0.25, 0.3) is 0 Å². The molecular formula is C12H24N2S. The Hall–Kier alpha value is -0.180. The summed E-state index contributed by atoms with van der Waals surface area (Å²) >= 11 is 1.88. The van der Waals surface area contributed by atoms with Gasteiger partial charge in [0, 0.05) is 18.3 Å². The summed E-state index contributed by atoms with van der Waals surface area (Å²) in [5, 5.41) is 4.66. The first-order chi connectivity index (χ1) is 7.09. The van der Waals surface area contributed by atoms with Crippen molar-refractivity contribution in [2.24, 2.45) is 16.8 Å². The molecule has 1 fully saturated rings. The Morgan fingerprint density at radius 2 is 2.13 bits per heavy atom. The lowest BCUT2D eigenvalue weighted by Gasteiger charge is -2.13. The van der Waals surface area contributed by atoms with Gasteiger partial charge < -0.3 is 5.32 Å². The molecule has 1 N–H and O–H groups in total. The molecule has 1 aliphatic rings. The third-order valence-electron chi connectivity index (χ3n) is 2.71. The highest BCUT2D eigenvalue weighted by Gasteiger charge is 2.22. The van der Waals surface area contributed by atoms with E-state index < -0.39 is 0 Å². The van der Waals surface area contributed by atoms with Crippen molar-refractivity contribution >= 4 is 16.9 Å². The molecule has 0 spiro atoms. The number of nitrogens with one attached hydrogen (secondary N) is 1. The van der Waals surface area contributed by atoms with Gasteiger partial charge in [-0.2, -0.15) is 0 Å². The van der Waals surface area contributed by atoms with E-state index in [4.69, 9.17) is 0 Å². The van der Waals surface area contributed by atoms with E-state index in [1.165, 1.54) is 18.6 Å². The van der Waals surface area contributed by atoms with Crippen molar-refractivity contribution in [3.63, 3.8) is 0 Å². The second kappa shape index (κ2) is 6.41. The highest BCUT2D eigenvalue weighted by molar-refractivity contribution is 8.14. The van der Waals surface area contributed by atoms with E-state index in [9.17, 15) is 0 Å². The summed E-state index contributed by atoms with van der Waals surface area (Å²) < 4.78 is 0. The molecule has 0 aliphatic carbocycles. The van der Waals surface area contributed by atoms with Gasteiger partial charge in [0.2, 0.25) is 0 Å². The van der Waals surface area contributed by atoms with Crippen LogP contribution in [0.1, 0.15) is 40.5 Å². The largest absolute Gasteiger partial charge is 0.361 e. The smallest absolute Gasteiger partial charge is 0.156 e. The molecule has 1 saturated heterocycles. The van der Waals surface area contributed by atoms with Crippen molar-refractivity contribution in [3.8, 4) is 0 Å². The van der Waals surface area contributed by atoms with Gasteiger partial charge >= 0.3 is 0 Å². The van der Waals surface area contributed by atoms with E-state index in [0.717, 1.165) is 17.6 Å². The molecule has 0 amide bonds. The molecule has 0 bridgehead atoms. The molecular weight excluding hydrogens is 204 g/mol. The molecule has 0 radical (unpaired) electrons. The Labute approximate surface area is 98.3 Å². The standard InChI is InChI=1S/C12H24N2S/c1-9(2)6-5-7-13-12-14-11(8-15-12)10(3)4/h9-11H,5-8H2,1-4H3,(H,13,14). The molecule has 1 rings (SSSR count). The Morgan fingerprint density at radius 1 is 1.40 bits per heavy atom. The molecule has 15 heavy (non-hydrogen) atoms. The van der Waals surface area contributed by atoms with E-state index in [1.54, 1.807) is 0 Å². The number of hydrogen-bond acceptors (Lipinski definition) is 2. The molecule has 1 heterocycles. The summed E-state index contributed by atoms with van der Waals surface area (Å²) in [6, 6.07) is 0.624. The van der Waals surface area contributed by atoms with Gasteiger partial charge in [0.1, 0.15) is 0 Å². The lowest BCUT2D eigenvalue weighted by Crippen LogP contribution is -2.31. The first-order valence-electron chi connectivity index (χ1n) is 6.03. The first kappa shape index (κ1) is 12.9. The Bertz CT molecular complexity index is 212. The monoisotopic (exact) mass is 228 g/mol. The molecule has 1 aliphatic heterocycles. The fraction of sp³-hybridized carbons (Fsp3) is 0.917. The van der Waals surface area contributed by atoms with E-state index in [0.29, 0.717) is 12.0 Å². The van der Waals surface area contributed by atoms with Crippen molar-refractivity contribution in [1.82, 2.24) is 5.32 Å². The molecule has 0 saturated carbocycles. The summed E-state index contributed by atoms with van der Waals surface area (Å²) in [5.41, 5.74) is 0. The van der Waals surface area contributed by atoms with Gasteiger partial charge in [-0.05, 0) is 24.7 Å². The van der Waals surface area contributed by atoms with Crippen LogP contribution in [-0.2, 0) is 0 Å². The van der Waals surface area contributed by atoms with Crippen LogP contribution in [0.15, 0.2) is 4.99 Å². The average Bonchev–Trinajstić information content (AvgIpc) is 2.60. The van der Waals surface area contributed by atoms with Crippen molar-refractivity contribution in [2.75, 3.05) is 12.3 Å². The summed E-state index contributed by atoms with van der Waals surface area (Å²) in [5.74, 6) is 2.69. The molecule has 0 aromatic heterocycles. The Kier molecular flexibility index (Phi) is 5.51. The van der Waals surface area contributed by atoms with Crippen LogP contribution in [0.5, 0.6) is 0 Å². The number of thioether (sulfide) groups is 1. The summed E-state index contributed by atoms with van der Waals surface area (Å²) in [6.45, 7) is 10.0. The second-order valence-electron chi connectivity index (χ2n) is 5.03. The van der Waals surface area contributed by atoms with Gasteiger partial charge in [-0.1, -0.05) is 39.5 Å². The van der Waals surface area contributed by atoms with Crippen molar-refractivity contribution in [2.45, 2.75) is 46.6 Å². The van der Waals surface area contributed by atoms with Crippen LogP contribution in [0, 0.1) is 11.8 Å². The number of aliphatic imine (C=N–C) groups is 1. The van der Waals surface area contributed by atoms with E-state index in [1.807, 2.05) is 11.8 Å². The lowest BCUT2D eigenvalue weighted by molar-refractivity contribution is 0.502. The number of nitrogens with zero attached hydrogens (tertiary/aromatic N) is 1. The number of rotatable bonds is 5. The molecule has 0 aromatic carbocycles. The van der Waals surface area contributed by atoms with E-state index >= 15 is 0 Å². The normalized spacial score (nSPS) is 24.1. The van der Waals surface area contributed by atoms with Crippen LogP contribution in [0.3, 0.4) is 0 Å². The number of hydrogen-bond donors (Lipinski definition) is 1. The zero-order chi connectivity index (χ0) is 11.3. The highest BCUT2D eigenvalue weighted by atomic mass is 32.2. The Morgan fingerprint density at radius 3 is 2.67 bits per heavy atom. The maximum atomic E-state index is 4.60. The van der Waals surface area contributed by atoms with E-state index in [-0.39, 0.29) is 0 Å². The predicted octanol–water partition coefficient (Wildman–Crippen LogP) is 3.14. The molecule has 88 valence electrons. The topological polar surface area (TPSA) is 24.4 Å². The number of amidine groups is 1. The quantitative estimate of drug-likeness (QED) is 0.731. The molecule has 3 heteroatoms. The van der Waals surface area contributed by atoms with Crippen LogP contribution in [0.4, 0.5) is 0 Å².